The SMILES string of the molecule is COC(=O)c1cccc(-c2cc(Cc3ccccn3)cc3cccnc23)c1. The van der Waals surface area contributed by atoms with Crippen LogP contribution in [0.15, 0.2) is 79.1 Å². The second-order valence-corrected chi connectivity index (χ2v) is 6.29. The molecule has 4 aromatic rings. The van der Waals surface area contributed by atoms with Gasteiger partial charge in [-0.2, -0.15) is 0 Å². The highest BCUT2D eigenvalue weighted by Gasteiger charge is 2.11. The second kappa shape index (κ2) is 7.38. The van der Waals surface area contributed by atoms with Gasteiger partial charge in [0.2, 0.25) is 0 Å². The summed E-state index contributed by atoms with van der Waals surface area (Å²) in [6.45, 7) is 0. The highest BCUT2D eigenvalue weighted by Crippen LogP contribution is 2.30. The average molecular weight is 354 g/mol. The van der Waals surface area contributed by atoms with Crippen molar-refractivity contribution in [3.8, 4) is 11.1 Å². The second-order valence-electron chi connectivity index (χ2n) is 6.29. The highest BCUT2D eigenvalue weighted by atomic mass is 16.5. The number of nitrogens with zero attached hydrogens (tertiary/aromatic N) is 2. The minimum absolute atomic E-state index is 0.348. The Morgan fingerprint density at radius 1 is 0.926 bits per heavy atom. The van der Waals surface area contributed by atoms with Crippen LogP contribution in [0.25, 0.3) is 22.0 Å². The normalized spacial score (nSPS) is 10.7. The van der Waals surface area contributed by atoms with Crippen LogP contribution in [-0.2, 0) is 11.2 Å². The molecule has 0 bridgehead atoms. The summed E-state index contributed by atoms with van der Waals surface area (Å²) in [6, 6.07) is 21.6. The number of rotatable bonds is 4. The number of pyridine rings is 2. The lowest BCUT2D eigenvalue weighted by molar-refractivity contribution is 0.0601. The summed E-state index contributed by atoms with van der Waals surface area (Å²) in [4.78, 5) is 20.9. The zero-order chi connectivity index (χ0) is 18.6. The largest absolute Gasteiger partial charge is 0.465 e. The van der Waals surface area contributed by atoms with Gasteiger partial charge in [-0.05, 0) is 53.6 Å². The molecule has 0 saturated carbocycles. The third kappa shape index (κ3) is 3.55. The fourth-order valence-corrected chi connectivity index (χ4v) is 3.22. The quantitative estimate of drug-likeness (QED) is 0.500. The Morgan fingerprint density at radius 2 is 1.81 bits per heavy atom. The first kappa shape index (κ1) is 16.9. The predicted octanol–water partition coefficient (Wildman–Crippen LogP) is 4.67. The van der Waals surface area contributed by atoms with E-state index in [0.29, 0.717) is 5.56 Å². The highest BCUT2D eigenvalue weighted by molar-refractivity contribution is 5.96. The van der Waals surface area contributed by atoms with E-state index in [-0.39, 0.29) is 5.97 Å². The van der Waals surface area contributed by atoms with Crippen molar-refractivity contribution in [1.29, 1.82) is 0 Å². The van der Waals surface area contributed by atoms with E-state index in [1.165, 1.54) is 7.11 Å². The van der Waals surface area contributed by atoms with Crippen molar-refractivity contribution in [1.82, 2.24) is 9.97 Å². The van der Waals surface area contributed by atoms with Gasteiger partial charge >= 0.3 is 5.97 Å². The predicted molar refractivity (Wildman–Crippen MR) is 106 cm³/mol. The summed E-state index contributed by atoms with van der Waals surface area (Å²) >= 11 is 0. The van der Waals surface area contributed by atoms with Crippen molar-refractivity contribution in [2.45, 2.75) is 6.42 Å². The zero-order valence-electron chi connectivity index (χ0n) is 14.9. The summed E-state index contributed by atoms with van der Waals surface area (Å²) in [6.07, 6.45) is 4.32. The molecular weight excluding hydrogens is 336 g/mol. The van der Waals surface area contributed by atoms with Crippen LogP contribution in [-0.4, -0.2) is 23.0 Å². The molecule has 4 heteroatoms. The summed E-state index contributed by atoms with van der Waals surface area (Å²) in [5.41, 5.74) is 5.51. The van der Waals surface area contributed by atoms with E-state index in [1.54, 1.807) is 18.5 Å². The molecule has 4 nitrogen and oxygen atoms in total. The van der Waals surface area contributed by atoms with Gasteiger partial charge in [-0.3, -0.25) is 9.97 Å². The Hall–Kier alpha value is -3.53. The van der Waals surface area contributed by atoms with Crippen molar-refractivity contribution in [3.05, 3.63) is 95.9 Å². The Bertz CT molecular complexity index is 1110. The number of hydrogen-bond acceptors (Lipinski definition) is 4. The number of methoxy groups -OCH3 is 1. The van der Waals surface area contributed by atoms with Crippen LogP contribution in [0, 0.1) is 0 Å². The first-order valence-electron chi connectivity index (χ1n) is 8.71. The zero-order valence-corrected chi connectivity index (χ0v) is 14.9. The van der Waals surface area contributed by atoms with Crippen molar-refractivity contribution >= 4 is 16.9 Å². The number of benzene rings is 2. The summed E-state index contributed by atoms with van der Waals surface area (Å²) in [5, 5.41) is 1.06. The maximum Gasteiger partial charge on any atom is 0.337 e. The third-order valence-corrected chi connectivity index (χ3v) is 4.47. The summed E-state index contributed by atoms with van der Waals surface area (Å²) < 4.78 is 4.85. The van der Waals surface area contributed by atoms with E-state index in [2.05, 4.69) is 28.2 Å². The number of fused-ring (bicyclic) bond motifs is 1. The van der Waals surface area contributed by atoms with Crippen molar-refractivity contribution in [2.24, 2.45) is 0 Å². The molecule has 2 heterocycles. The standard InChI is InChI=1S/C23H18N2O2/c1-27-23(26)19-7-4-6-17(15-19)21-14-16(13-20-9-2-3-10-24-20)12-18-8-5-11-25-22(18)21/h2-12,14-15H,13H2,1H3. The van der Waals surface area contributed by atoms with E-state index in [4.69, 9.17) is 4.74 Å². The molecule has 0 radical (unpaired) electrons. The molecule has 0 aliphatic carbocycles. The van der Waals surface area contributed by atoms with E-state index in [0.717, 1.165) is 39.7 Å². The Kier molecular flexibility index (Phi) is 4.62. The van der Waals surface area contributed by atoms with Gasteiger partial charge in [0, 0.05) is 35.5 Å². The number of hydrogen-bond donors (Lipinski definition) is 0. The fourth-order valence-electron chi connectivity index (χ4n) is 3.22. The van der Waals surface area contributed by atoms with E-state index < -0.39 is 0 Å². The maximum absolute atomic E-state index is 11.9. The molecule has 0 aliphatic heterocycles. The molecule has 0 amide bonds. The molecule has 0 atom stereocenters. The van der Waals surface area contributed by atoms with Gasteiger partial charge < -0.3 is 4.74 Å². The number of ether oxygens (including phenoxy) is 1. The van der Waals surface area contributed by atoms with Gasteiger partial charge in [-0.25, -0.2) is 4.79 Å². The Morgan fingerprint density at radius 3 is 2.63 bits per heavy atom. The monoisotopic (exact) mass is 354 g/mol. The lowest BCUT2D eigenvalue weighted by atomic mass is 9.96. The Balaban J connectivity index is 1.85. The molecule has 0 N–H and O–H groups in total. The minimum Gasteiger partial charge on any atom is -0.465 e. The first-order valence-corrected chi connectivity index (χ1v) is 8.71. The molecule has 0 saturated heterocycles. The van der Waals surface area contributed by atoms with Gasteiger partial charge in [-0.15, -0.1) is 0 Å². The topological polar surface area (TPSA) is 52.1 Å². The average Bonchev–Trinajstić information content (AvgIpc) is 2.73. The molecule has 2 aromatic carbocycles. The van der Waals surface area contributed by atoms with E-state index >= 15 is 0 Å². The van der Waals surface area contributed by atoms with Crippen LogP contribution < -0.4 is 0 Å². The maximum atomic E-state index is 11.9. The number of carbonyl (C=O) groups is 1. The van der Waals surface area contributed by atoms with Gasteiger partial charge in [0.05, 0.1) is 18.2 Å². The number of carbonyl (C=O) groups excluding carboxylic acids is 1. The lowest BCUT2D eigenvalue weighted by Crippen LogP contribution is -2.01. The van der Waals surface area contributed by atoms with E-state index in [1.807, 2.05) is 42.5 Å². The Labute approximate surface area is 157 Å². The molecule has 2 aromatic heterocycles. The molecule has 0 spiro atoms. The van der Waals surface area contributed by atoms with Crippen LogP contribution in [0.1, 0.15) is 21.6 Å². The first-order chi connectivity index (χ1) is 13.2. The third-order valence-electron chi connectivity index (χ3n) is 4.47. The van der Waals surface area contributed by atoms with Gasteiger partial charge in [0.1, 0.15) is 0 Å². The van der Waals surface area contributed by atoms with Crippen LogP contribution in [0.3, 0.4) is 0 Å². The summed E-state index contributed by atoms with van der Waals surface area (Å²) in [7, 11) is 1.39. The fraction of sp³-hybridized carbons (Fsp3) is 0.0870. The van der Waals surface area contributed by atoms with Gasteiger partial charge in [0.15, 0.2) is 0 Å². The molecule has 132 valence electrons. The molecule has 0 fully saturated rings. The lowest BCUT2D eigenvalue weighted by Gasteiger charge is -2.11. The number of aromatic nitrogens is 2. The van der Waals surface area contributed by atoms with Crippen LogP contribution in [0.2, 0.25) is 0 Å². The minimum atomic E-state index is -0.348. The molecule has 4 rings (SSSR count). The van der Waals surface area contributed by atoms with Gasteiger partial charge in [-0.1, -0.05) is 24.3 Å². The van der Waals surface area contributed by atoms with Gasteiger partial charge in [0.25, 0.3) is 0 Å². The smallest absolute Gasteiger partial charge is 0.337 e. The van der Waals surface area contributed by atoms with Crippen LogP contribution in [0.4, 0.5) is 0 Å². The van der Waals surface area contributed by atoms with Crippen molar-refractivity contribution in [3.63, 3.8) is 0 Å². The summed E-state index contributed by atoms with van der Waals surface area (Å²) in [5.74, 6) is -0.348. The molecule has 0 unspecified atom stereocenters. The van der Waals surface area contributed by atoms with Crippen molar-refractivity contribution < 1.29 is 9.53 Å². The van der Waals surface area contributed by atoms with Crippen LogP contribution >= 0.6 is 0 Å². The molecule has 27 heavy (non-hydrogen) atoms. The van der Waals surface area contributed by atoms with Crippen molar-refractivity contribution in [2.75, 3.05) is 7.11 Å². The molecular formula is C23H18N2O2. The van der Waals surface area contributed by atoms with E-state index in [9.17, 15) is 4.79 Å². The molecule has 0 aliphatic rings. The van der Waals surface area contributed by atoms with Crippen LogP contribution in [0.5, 0.6) is 0 Å². The number of esters is 1.